The van der Waals surface area contributed by atoms with Crippen LogP contribution in [0.25, 0.3) is 0 Å². The van der Waals surface area contributed by atoms with Gasteiger partial charge in [0.2, 0.25) is 0 Å². The second-order valence-corrected chi connectivity index (χ2v) is 5.26. The van der Waals surface area contributed by atoms with Crippen molar-refractivity contribution in [3.8, 4) is 0 Å². The molecule has 82 valence electrons. The summed E-state index contributed by atoms with van der Waals surface area (Å²) < 4.78 is 1.00. The molecule has 16 heavy (non-hydrogen) atoms. The number of aromatic amines is 1. The molecule has 0 unspecified atom stereocenters. The molecule has 1 aromatic carbocycles. The van der Waals surface area contributed by atoms with Crippen LogP contribution in [0.2, 0.25) is 5.02 Å². The van der Waals surface area contributed by atoms with E-state index in [-0.39, 0.29) is 10.6 Å². The van der Waals surface area contributed by atoms with Gasteiger partial charge in [-0.2, -0.15) is 0 Å². The topological polar surface area (TPSA) is 45.8 Å². The molecule has 2 rings (SSSR count). The summed E-state index contributed by atoms with van der Waals surface area (Å²) in [5, 5.41) is 0.628. The first-order valence-electron chi connectivity index (χ1n) is 4.33. The highest BCUT2D eigenvalue weighted by Gasteiger charge is 2.07. The molecule has 0 bridgehead atoms. The number of halogens is 2. The van der Waals surface area contributed by atoms with Gasteiger partial charge in [-0.3, -0.25) is 4.79 Å². The quantitative estimate of drug-likeness (QED) is 0.864. The van der Waals surface area contributed by atoms with Crippen molar-refractivity contribution in [2.24, 2.45) is 0 Å². The van der Waals surface area contributed by atoms with Crippen LogP contribution in [0.5, 0.6) is 0 Å². The number of aromatic nitrogens is 2. The Morgan fingerprint density at radius 3 is 2.69 bits per heavy atom. The van der Waals surface area contributed by atoms with E-state index in [1.807, 2.05) is 24.3 Å². The average molecular weight is 318 g/mol. The van der Waals surface area contributed by atoms with Crippen molar-refractivity contribution >= 4 is 39.3 Å². The Morgan fingerprint density at radius 1 is 1.31 bits per heavy atom. The summed E-state index contributed by atoms with van der Waals surface area (Å²) >= 11 is 10.5. The molecule has 0 aliphatic carbocycles. The van der Waals surface area contributed by atoms with Crippen molar-refractivity contribution in [3.63, 3.8) is 0 Å². The molecule has 0 saturated carbocycles. The number of benzene rings is 1. The third kappa shape index (κ3) is 2.66. The van der Waals surface area contributed by atoms with Crippen molar-refractivity contribution in [1.29, 1.82) is 0 Å². The van der Waals surface area contributed by atoms with Crippen LogP contribution in [0.3, 0.4) is 0 Å². The normalized spacial score (nSPS) is 10.4. The van der Waals surface area contributed by atoms with Crippen LogP contribution in [0.15, 0.2) is 49.8 Å². The van der Waals surface area contributed by atoms with Gasteiger partial charge in [-0.25, -0.2) is 4.98 Å². The molecule has 6 heteroatoms. The standard InChI is InChI=1S/C10H6BrClN2OS/c11-6-1-3-7(4-2-6)16-10-8(12)9(15)13-5-14-10/h1-5H,(H,13,14,15). The van der Waals surface area contributed by atoms with E-state index in [0.29, 0.717) is 5.03 Å². The number of nitrogens with one attached hydrogen (secondary N) is 1. The number of hydrogen-bond acceptors (Lipinski definition) is 3. The Hall–Kier alpha value is -0.780. The monoisotopic (exact) mass is 316 g/mol. The van der Waals surface area contributed by atoms with Gasteiger partial charge in [-0.1, -0.05) is 39.3 Å². The van der Waals surface area contributed by atoms with Crippen molar-refractivity contribution in [1.82, 2.24) is 9.97 Å². The van der Waals surface area contributed by atoms with Gasteiger partial charge in [0.05, 0.1) is 6.33 Å². The molecule has 0 aliphatic heterocycles. The predicted octanol–water partition coefficient (Wildman–Crippen LogP) is 3.34. The first-order chi connectivity index (χ1) is 7.66. The fraction of sp³-hybridized carbons (Fsp3) is 0. The molecule has 1 N–H and O–H groups in total. The van der Waals surface area contributed by atoms with Gasteiger partial charge in [0.25, 0.3) is 5.56 Å². The highest BCUT2D eigenvalue weighted by molar-refractivity contribution is 9.10. The first-order valence-corrected chi connectivity index (χ1v) is 6.32. The number of nitrogens with zero attached hydrogens (tertiary/aromatic N) is 1. The van der Waals surface area contributed by atoms with Crippen LogP contribution in [-0.4, -0.2) is 9.97 Å². The van der Waals surface area contributed by atoms with Gasteiger partial charge in [-0.05, 0) is 24.3 Å². The lowest BCUT2D eigenvalue weighted by Crippen LogP contribution is -2.07. The molecule has 0 radical (unpaired) electrons. The van der Waals surface area contributed by atoms with E-state index < -0.39 is 0 Å². The second-order valence-electron chi connectivity index (χ2n) is 2.91. The Labute approximate surface area is 109 Å². The minimum absolute atomic E-state index is 0.121. The molecule has 0 amide bonds. The molecule has 0 atom stereocenters. The summed E-state index contributed by atoms with van der Waals surface area (Å²) in [6.45, 7) is 0. The summed E-state index contributed by atoms with van der Waals surface area (Å²) in [4.78, 5) is 18.6. The van der Waals surface area contributed by atoms with Crippen molar-refractivity contribution < 1.29 is 0 Å². The maximum absolute atomic E-state index is 11.2. The van der Waals surface area contributed by atoms with Gasteiger partial charge < -0.3 is 4.98 Å². The Morgan fingerprint density at radius 2 is 2.00 bits per heavy atom. The lowest BCUT2D eigenvalue weighted by Gasteiger charge is -2.01. The molecule has 0 fully saturated rings. The van der Waals surface area contributed by atoms with Crippen molar-refractivity contribution in [2.75, 3.05) is 0 Å². The number of H-pyrrole nitrogens is 1. The Balaban J connectivity index is 2.30. The van der Waals surface area contributed by atoms with E-state index in [2.05, 4.69) is 25.9 Å². The smallest absolute Gasteiger partial charge is 0.270 e. The lowest BCUT2D eigenvalue weighted by molar-refractivity contribution is 1.01. The Bertz CT molecular complexity index is 555. The maximum Gasteiger partial charge on any atom is 0.270 e. The van der Waals surface area contributed by atoms with Gasteiger partial charge in [0.15, 0.2) is 0 Å². The van der Waals surface area contributed by atoms with Gasteiger partial charge in [0, 0.05) is 9.37 Å². The number of hydrogen-bond donors (Lipinski definition) is 1. The average Bonchev–Trinajstić information content (AvgIpc) is 2.28. The molecule has 1 aromatic heterocycles. The highest BCUT2D eigenvalue weighted by atomic mass is 79.9. The van der Waals surface area contributed by atoms with Crippen LogP contribution >= 0.6 is 39.3 Å². The van der Waals surface area contributed by atoms with Crippen LogP contribution in [-0.2, 0) is 0 Å². The minimum atomic E-state index is -0.323. The largest absolute Gasteiger partial charge is 0.312 e. The predicted molar refractivity (Wildman–Crippen MR) is 68.1 cm³/mol. The summed E-state index contributed by atoms with van der Waals surface area (Å²) in [5.74, 6) is 0. The van der Waals surface area contributed by atoms with Crippen LogP contribution in [0.1, 0.15) is 0 Å². The molecule has 3 nitrogen and oxygen atoms in total. The molecular weight excluding hydrogens is 312 g/mol. The van der Waals surface area contributed by atoms with E-state index in [4.69, 9.17) is 11.6 Å². The molecule has 0 spiro atoms. The second kappa shape index (κ2) is 5.03. The maximum atomic E-state index is 11.2. The summed E-state index contributed by atoms with van der Waals surface area (Å²) in [5.41, 5.74) is -0.323. The highest BCUT2D eigenvalue weighted by Crippen LogP contribution is 2.29. The van der Waals surface area contributed by atoms with Gasteiger partial charge in [-0.15, -0.1) is 0 Å². The van der Waals surface area contributed by atoms with Gasteiger partial charge >= 0.3 is 0 Å². The van der Waals surface area contributed by atoms with E-state index in [1.165, 1.54) is 18.1 Å². The SMILES string of the molecule is O=c1[nH]cnc(Sc2ccc(Br)cc2)c1Cl. The molecule has 2 aromatic rings. The Kier molecular flexibility index (Phi) is 3.68. The van der Waals surface area contributed by atoms with Crippen molar-refractivity contribution in [2.45, 2.75) is 9.92 Å². The van der Waals surface area contributed by atoms with Gasteiger partial charge in [0.1, 0.15) is 10.0 Å². The molecule has 1 heterocycles. The lowest BCUT2D eigenvalue weighted by atomic mass is 10.4. The van der Waals surface area contributed by atoms with Crippen LogP contribution < -0.4 is 5.56 Å². The van der Waals surface area contributed by atoms with E-state index >= 15 is 0 Å². The third-order valence-electron chi connectivity index (χ3n) is 1.79. The van der Waals surface area contributed by atoms with E-state index in [1.54, 1.807) is 0 Å². The number of rotatable bonds is 2. The minimum Gasteiger partial charge on any atom is -0.312 e. The molecular formula is C10H6BrClN2OS. The van der Waals surface area contributed by atoms with Crippen LogP contribution in [0.4, 0.5) is 0 Å². The molecule has 0 aliphatic rings. The zero-order valence-electron chi connectivity index (χ0n) is 7.91. The fourth-order valence-electron chi connectivity index (χ4n) is 1.05. The van der Waals surface area contributed by atoms with Crippen molar-refractivity contribution in [3.05, 3.63) is 50.4 Å². The third-order valence-corrected chi connectivity index (χ3v) is 3.79. The summed E-state index contributed by atoms with van der Waals surface area (Å²) in [6, 6.07) is 7.69. The fourth-order valence-corrected chi connectivity index (χ4v) is 2.32. The zero-order chi connectivity index (χ0) is 11.5. The zero-order valence-corrected chi connectivity index (χ0v) is 11.1. The summed E-state index contributed by atoms with van der Waals surface area (Å²) in [6.07, 6.45) is 1.34. The van der Waals surface area contributed by atoms with Crippen LogP contribution in [0, 0.1) is 0 Å². The molecule has 0 saturated heterocycles. The van der Waals surface area contributed by atoms with E-state index in [0.717, 1.165) is 9.37 Å². The summed E-state index contributed by atoms with van der Waals surface area (Å²) in [7, 11) is 0. The first kappa shape index (κ1) is 11.7. The van der Waals surface area contributed by atoms with E-state index in [9.17, 15) is 4.79 Å².